The van der Waals surface area contributed by atoms with Crippen LogP contribution in [-0.2, 0) is 25.5 Å². The number of hydrogen-bond donors (Lipinski definition) is 2. The molecule has 2 aromatic heterocycles. The van der Waals surface area contributed by atoms with E-state index >= 15 is 0 Å². The van der Waals surface area contributed by atoms with Crippen molar-refractivity contribution >= 4 is 51.8 Å². The smallest absolute Gasteiger partial charge is 0.355 e. The van der Waals surface area contributed by atoms with E-state index in [4.69, 9.17) is 9.47 Å². The summed E-state index contributed by atoms with van der Waals surface area (Å²) in [5.74, 6) is -0.166. The highest BCUT2D eigenvalue weighted by molar-refractivity contribution is 8.00. The van der Waals surface area contributed by atoms with Crippen LogP contribution in [0.2, 0.25) is 0 Å². The molecule has 2 amide bonds. The maximum Gasteiger partial charge on any atom is 0.355 e. The lowest BCUT2D eigenvalue weighted by atomic mass is 10.0. The number of nitrogens with one attached hydrogen (secondary N) is 2. The number of hydrogen-bond acceptors (Lipinski definition) is 9. The molecule has 0 aliphatic carbocycles. The molecule has 218 valence electrons. The van der Waals surface area contributed by atoms with Gasteiger partial charge in [0.05, 0.1) is 22.9 Å². The van der Waals surface area contributed by atoms with Crippen molar-refractivity contribution in [3.63, 3.8) is 0 Å². The van der Waals surface area contributed by atoms with Crippen molar-refractivity contribution in [1.29, 1.82) is 0 Å². The van der Waals surface area contributed by atoms with Gasteiger partial charge in [-0.15, -0.1) is 23.1 Å². The van der Waals surface area contributed by atoms with Crippen molar-refractivity contribution in [1.82, 2.24) is 20.2 Å². The van der Waals surface area contributed by atoms with Crippen LogP contribution in [0.3, 0.4) is 0 Å². The normalized spacial score (nSPS) is 17.7. The molecule has 4 aromatic rings. The molecular formula is C31H26N4O6S2. The summed E-state index contributed by atoms with van der Waals surface area (Å²) in [5, 5.41) is 4.74. The summed E-state index contributed by atoms with van der Waals surface area (Å²) in [4.78, 5) is 61.5. The van der Waals surface area contributed by atoms with Crippen LogP contribution in [0.15, 0.2) is 94.8 Å². The van der Waals surface area contributed by atoms with Gasteiger partial charge >= 0.3 is 5.97 Å². The molecule has 6 rings (SSSR count). The van der Waals surface area contributed by atoms with Crippen molar-refractivity contribution < 1.29 is 23.9 Å². The Morgan fingerprint density at radius 1 is 1.12 bits per heavy atom. The third-order valence-electron chi connectivity index (χ3n) is 6.96. The number of thiophene rings is 1. The van der Waals surface area contributed by atoms with E-state index in [-0.39, 0.29) is 36.8 Å². The fourth-order valence-corrected chi connectivity index (χ4v) is 6.98. The van der Waals surface area contributed by atoms with E-state index in [0.29, 0.717) is 39.4 Å². The molecule has 2 aliphatic heterocycles. The fourth-order valence-electron chi connectivity index (χ4n) is 4.95. The van der Waals surface area contributed by atoms with E-state index in [1.165, 1.54) is 34.1 Å². The van der Waals surface area contributed by atoms with Crippen molar-refractivity contribution in [2.45, 2.75) is 17.8 Å². The van der Waals surface area contributed by atoms with Crippen LogP contribution in [0, 0.1) is 0 Å². The van der Waals surface area contributed by atoms with E-state index in [9.17, 15) is 19.2 Å². The number of benzene rings is 2. The molecule has 0 radical (unpaired) electrons. The van der Waals surface area contributed by atoms with Gasteiger partial charge in [0.1, 0.15) is 41.9 Å². The molecule has 2 unspecified atom stereocenters. The van der Waals surface area contributed by atoms with Gasteiger partial charge in [0.15, 0.2) is 0 Å². The molecule has 2 aromatic carbocycles. The first-order chi connectivity index (χ1) is 20.9. The van der Waals surface area contributed by atoms with Crippen LogP contribution in [0.1, 0.15) is 4.88 Å². The van der Waals surface area contributed by atoms with E-state index in [1.54, 1.807) is 42.5 Å². The summed E-state index contributed by atoms with van der Waals surface area (Å²) in [6.45, 7) is 3.55. The Hall–Kier alpha value is -4.68. The summed E-state index contributed by atoms with van der Waals surface area (Å²) in [6, 6.07) is 17.2. The Labute approximate surface area is 254 Å². The number of aromatic nitrogens is 2. The number of rotatable bonds is 10. The highest BCUT2D eigenvalue weighted by Gasteiger charge is 2.54. The van der Waals surface area contributed by atoms with E-state index in [1.807, 2.05) is 23.6 Å². The van der Waals surface area contributed by atoms with Crippen molar-refractivity contribution in [3.8, 4) is 17.1 Å². The predicted molar refractivity (Wildman–Crippen MR) is 165 cm³/mol. The average Bonchev–Trinajstić information content (AvgIpc) is 3.54. The lowest BCUT2D eigenvalue weighted by Crippen LogP contribution is -2.70. The molecule has 1 saturated heterocycles. The van der Waals surface area contributed by atoms with Gasteiger partial charge in [-0.3, -0.25) is 19.3 Å². The number of β-lactam (4-membered cyclic amide) rings is 1. The first-order valence-electron chi connectivity index (χ1n) is 13.4. The molecule has 0 spiro atoms. The van der Waals surface area contributed by atoms with Gasteiger partial charge in [0, 0.05) is 16.2 Å². The monoisotopic (exact) mass is 614 g/mol. The number of para-hydroxylation sites is 2. The van der Waals surface area contributed by atoms with Crippen molar-refractivity contribution in [3.05, 3.63) is 105 Å². The SMILES string of the molecule is C=CCOC(=O)C1=C(COc2ccccc2-c2nc3ccccc3c(=O)[nH]2)CSC2C(NC(=O)Cc3cccs3)C(=O)N12. The van der Waals surface area contributed by atoms with Crippen LogP contribution < -0.4 is 15.6 Å². The minimum absolute atomic E-state index is 0.0216. The standard InChI is InChI=1S/C31H26N4O6S2/c1-2-13-40-31(39)26-18(17-43-30-25(29(38)35(26)30)33-24(36)15-19-8-7-14-42-19)16-41-23-12-6-4-10-21(23)27-32-22-11-5-3-9-20(22)28(37)34-27/h2-12,14,25,30H,1,13,15-17H2,(H,33,36)(H,32,34,37). The molecule has 2 atom stereocenters. The Bertz CT molecular complexity index is 1820. The molecule has 0 bridgehead atoms. The lowest BCUT2D eigenvalue weighted by Gasteiger charge is -2.49. The maximum absolute atomic E-state index is 13.3. The molecule has 4 heterocycles. The highest BCUT2D eigenvalue weighted by Crippen LogP contribution is 2.41. The van der Waals surface area contributed by atoms with Gasteiger partial charge in [0.2, 0.25) is 5.91 Å². The van der Waals surface area contributed by atoms with Crippen LogP contribution in [-0.4, -0.2) is 63.0 Å². The Morgan fingerprint density at radius 2 is 1.93 bits per heavy atom. The van der Waals surface area contributed by atoms with Gasteiger partial charge in [-0.2, -0.15) is 0 Å². The molecule has 1 fully saturated rings. The third kappa shape index (κ3) is 5.71. The number of thioether (sulfide) groups is 1. The van der Waals surface area contributed by atoms with E-state index in [0.717, 1.165) is 4.88 Å². The van der Waals surface area contributed by atoms with Gasteiger partial charge in [-0.25, -0.2) is 9.78 Å². The van der Waals surface area contributed by atoms with E-state index < -0.39 is 23.3 Å². The molecular weight excluding hydrogens is 588 g/mol. The zero-order valence-electron chi connectivity index (χ0n) is 22.8. The summed E-state index contributed by atoms with van der Waals surface area (Å²) in [7, 11) is 0. The molecule has 2 aliphatic rings. The summed E-state index contributed by atoms with van der Waals surface area (Å²) >= 11 is 2.90. The first-order valence-corrected chi connectivity index (χ1v) is 15.3. The van der Waals surface area contributed by atoms with Gasteiger partial charge < -0.3 is 19.8 Å². The summed E-state index contributed by atoms with van der Waals surface area (Å²) in [6.07, 6.45) is 1.63. The zero-order valence-corrected chi connectivity index (χ0v) is 24.4. The van der Waals surface area contributed by atoms with Crippen LogP contribution in [0.4, 0.5) is 0 Å². The second kappa shape index (κ2) is 12.3. The van der Waals surface area contributed by atoms with Gasteiger partial charge in [0.25, 0.3) is 11.5 Å². The number of ether oxygens (including phenoxy) is 2. The quantitative estimate of drug-likeness (QED) is 0.157. The molecule has 0 saturated carbocycles. The number of carbonyl (C=O) groups is 3. The Balaban J connectivity index is 1.24. The molecule has 10 nitrogen and oxygen atoms in total. The second-order valence-corrected chi connectivity index (χ2v) is 11.9. The largest absolute Gasteiger partial charge is 0.488 e. The van der Waals surface area contributed by atoms with Crippen LogP contribution >= 0.6 is 23.1 Å². The van der Waals surface area contributed by atoms with Gasteiger partial charge in [-0.05, 0) is 35.7 Å². The zero-order chi connectivity index (χ0) is 29.9. The Kier molecular flexibility index (Phi) is 8.12. The lowest BCUT2D eigenvalue weighted by molar-refractivity contribution is -0.152. The molecule has 2 N–H and O–H groups in total. The first kappa shape index (κ1) is 28.4. The average molecular weight is 615 g/mol. The maximum atomic E-state index is 13.3. The third-order valence-corrected chi connectivity index (χ3v) is 9.18. The number of carbonyl (C=O) groups excluding carboxylic acids is 3. The topological polar surface area (TPSA) is 131 Å². The number of esters is 1. The van der Waals surface area contributed by atoms with Crippen molar-refractivity contribution in [2.75, 3.05) is 19.0 Å². The highest BCUT2D eigenvalue weighted by atomic mass is 32.2. The van der Waals surface area contributed by atoms with E-state index in [2.05, 4.69) is 21.9 Å². The summed E-state index contributed by atoms with van der Waals surface area (Å²) < 4.78 is 11.5. The number of amides is 2. The molecule has 43 heavy (non-hydrogen) atoms. The fraction of sp³-hybridized carbons (Fsp3) is 0.194. The Morgan fingerprint density at radius 3 is 2.74 bits per heavy atom. The minimum atomic E-state index is -0.751. The van der Waals surface area contributed by atoms with Crippen molar-refractivity contribution in [2.24, 2.45) is 0 Å². The number of H-pyrrole nitrogens is 1. The van der Waals surface area contributed by atoms with Crippen LogP contribution in [0.5, 0.6) is 5.75 Å². The van der Waals surface area contributed by atoms with Gasteiger partial charge in [-0.1, -0.05) is 43.0 Å². The number of fused-ring (bicyclic) bond motifs is 2. The second-order valence-electron chi connectivity index (χ2n) is 9.77. The number of aromatic amines is 1. The summed E-state index contributed by atoms with van der Waals surface area (Å²) in [5.41, 5.74) is 1.51. The minimum Gasteiger partial charge on any atom is -0.488 e. The number of nitrogens with zero attached hydrogens (tertiary/aromatic N) is 2. The molecule has 12 heteroatoms. The predicted octanol–water partition coefficient (Wildman–Crippen LogP) is 3.66. The van der Waals surface area contributed by atoms with Crippen LogP contribution in [0.25, 0.3) is 22.3 Å².